The minimum absolute atomic E-state index is 0.0507. The number of halogens is 2. The lowest BCUT2D eigenvalue weighted by atomic mass is 9.95. The SMILES string of the molecule is O=C1C(=O)N(c2ncccn2)C(c2cccc(Cl)c2)/C1=C(/O)c1ccc(Cl)cc1. The van der Waals surface area contributed by atoms with Crippen LogP contribution in [0.25, 0.3) is 5.76 Å². The normalized spacial score (nSPS) is 18.3. The summed E-state index contributed by atoms with van der Waals surface area (Å²) >= 11 is 12.1. The van der Waals surface area contributed by atoms with Crippen molar-refractivity contribution in [2.24, 2.45) is 0 Å². The summed E-state index contributed by atoms with van der Waals surface area (Å²) in [5.74, 6) is -1.94. The lowest BCUT2D eigenvalue weighted by Gasteiger charge is -2.23. The second kappa shape index (κ2) is 7.66. The molecule has 4 rings (SSSR count). The van der Waals surface area contributed by atoms with Crippen LogP contribution in [0.3, 0.4) is 0 Å². The molecule has 1 aromatic heterocycles. The summed E-state index contributed by atoms with van der Waals surface area (Å²) < 4.78 is 0. The zero-order valence-electron chi connectivity index (χ0n) is 14.8. The van der Waals surface area contributed by atoms with Gasteiger partial charge in [0.15, 0.2) is 0 Å². The van der Waals surface area contributed by atoms with Gasteiger partial charge in [0.25, 0.3) is 5.78 Å². The van der Waals surface area contributed by atoms with E-state index in [1.165, 1.54) is 12.4 Å². The van der Waals surface area contributed by atoms with Crippen LogP contribution in [0.5, 0.6) is 0 Å². The Kier molecular flexibility index (Phi) is 5.05. The van der Waals surface area contributed by atoms with Crippen LogP contribution in [-0.2, 0) is 9.59 Å². The molecule has 0 radical (unpaired) electrons. The molecule has 29 heavy (non-hydrogen) atoms. The molecule has 1 saturated heterocycles. The summed E-state index contributed by atoms with van der Waals surface area (Å²) in [6.07, 6.45) is 2.94. The Morgan fingerprint density at radius 1 is 0.931 bits per heavy atom. The summed E-state index contributed by atoms with van der Waals surface area (Å²) in [5, 5.41) is 11.8. The molecule has 0 spiro atoms. The Hall–Kier alpha value is -3.22. The lowest BCUT2D eigenvalue weighted by molar-refractivity contribution is -0.132. The van der Waals surface area contributed by atoms with Gasteiger partial charge in [-0.1, -0.05) is 35.3 Å². The number of hydrogen-bond donors (Lipinski definition) is 1. The molecule has 2 heterocycles. The van der Waals surface area contributed by atoms with E-state index in [1.807, 2.05) is 0 Å². The summed E-state index contributed by atoms with van der Waals surface area (Å²) in [6.45, 7) is 0. The number of hydrogen-bond acceptors (Lipinski definition) is 5. The van der Waals surface area contributed by atoms with Crippen LogP contribution < -0.4 is 4.90 Å². The standard InChI is InChI=1S/C21H13Cl2N3O3/c22-14-7-5-12(6-8-14)18(27)16-17(13-3-1-4-15(23)11-13)26(20(29)19(16)28)21-24-9-2-10-25-21/h1-11,17,27H/b18-16-. The number of anilines is 1. The van der Waals surface area contributed by atoms with Gasteiger partial charge in [-0.15, -0.1) is 0 Å². The highest BCUT2D eigenvalue weighted by Gasteiger charge is 2.48. The minimum Gasteiger partial charge on any atom is -0.507 e. The first-order valence-electron chi connectivity index (χ1n) is 8.57. The fourth-order valence-corrected chi connectivity index (χ4v) is 3.53. The van der Waals surface area contributed by atoms with Crippen LogP contribution in [0.1, 0.15) is 17.2 Å². The fraction of sp³-hybridized carbons (Fsp3) is 0.0476. The molecular formula is C21H13Cl2N3O3. The van der Waals surface area contributed by atoms with E-state index < -0.39 is 17.7 Å². The number of ketones is 1. The summed E-state index contributed by atoms with van der Waals surface area (Å²) in [4.78, 5) is 35.2. The Labute approximate surface area is 176 Å². The smallest absolute Gasteiger partial charge is 0.302 e. The van der Waals surface area contributed by atoms with E-state index in [4.69, 9.17) is 23.2 Å². The predicted octanol–water partition coefficient (Wildman–Crippen LogP) is 4.41. The molecule has 8 heteroatoms. The van der Waals surface area contributed by atoms with Crippen LogP contribution in [0.2, 0.25) is 10.0 Å². The number of aromatic nitrogens is 2. The fourth-order valence-electron chi connectivity index (χ4n) is 3.21. The van der Waals surface area contributed by atoms with Gasteiger partial charge in [0.1, 0.15) is 5.76 Å². The highest BCUT2D eigenvalue weighted by molar-refractivity contribution is 6.51. The molecule has 6 nitrogen and oxygen atoms in total. The molecule has 0 aliphatic carbocycles. The van der Waals surface area contributed by atoms with Gasteiger partial charge in [-0.05, 0) is 48.0 Å². The number of amides is 1. The number of carbonyl (C=O) groups is 2. The molecule has 144 valence electrons. The zero-order valence-corrected chi connectivity index (χ0v) is 16.3. The highest BCUT2D eigenvalue weighted by atomic mass is 35.5. The predicted molar refractivity (Wildman–Crippen MR) is 110 cm³/mol. The van der Waals surface area contributed by atoms with Crippen molar-refractivity contribution in [1.29, 1.82) is 0 Å². The van der Waals surface area contributed by atoms with E-state index in [0.29, 0.717) is 21.2 Å². The Balaban J connectivity index is 1.95. The van der Waals surface area contributed by atoms with Gasteiger partial charge in [0, 0.05) is 28.0 Å². The molecule has 1 amide bonds. The minimum atomic E-state index is -0.938. The van der Waals surface area contributed by atoms with Gasteiger partial charge in [0.2, 0.25) is 5.95 Å². The first-order valence-corrected chi connectivity index (χ1v) is 9.32. The van der Waals surface area contributed by atoms with Crippen molar-refractivity contribution in [3.8, 4) is 0 Å². The molecule has 0 bridgehead atoms. The van der Waals surface area contributed by atoms with Crippen LogP contribution in [0, 0.1) is 0 Å². The van der Waals surface area contributed by atoms with Gasteiger partial charge in [-0.25, -0.2) is 9.97 Å². The Bertz CT molecular complexity index is 1130. The topological polar surface area (TPSA) is 83.4 Å². The molecule has 2 aromatic carbocycles. The molecular weight excluding hydrogens is 413 g/mol. The number of rotatable bonds is 3. The average Bonchev–Trinajstić information content (AvgIpc) is 2.99. The van der Waals surface area contributed by atoms with E-state index in [0.717, 1.165) is 4.90 Å². The van der Waals surface area contributed by atoms with Crippen molar-refractivity contribution in [3.05, 3.63) is 93.7 Å². The maximum atomic E-state index is 12.9. The van der Waals surface area contributed by atoms with E-state index in [2.05, 4.69) is 9.97 Å². The van der Waals surface area contributed by atoms with Crippen molar-refractivity contribution in [1.82, 2.24) is 9.97 Å². The van der Waals surface area contributed by atoms with Crippen LogP contribution in [0.4, 0.5) is 5.95 Å². The van der Waals surface area contributed by atoms with Crippen molar-refractivity contribution in [3.63, 3.8) is 0 Å². The van der Waals surface area contributed by atoms with Gasteiger partial charge in [-0.3, -0.25) is 14.5 Å². The average molecular weight is 426 g/mol. The van der Waals surface area contributed by atoms with E-state index in [-0.39, 0.29) is 17.3 Å². The molecule has 0 saturated carbocycles. The summed E-state index contributed by atoms with van der Waals surface area (Å²) in [5.41, 5.74) is 0.820. The number of benzene rings is 2. The molecule has 1 N–H and O–H groups in total. The number of Topliss-reactive ketones (excluding diaryl/α,β-unsaturated/α-hetero) is 1. The Morgan fingerprint density at radius 2 is 1.62 bits per heavy atom. The van der Waals surface area contributed by atoms with Crippen LogP contribution in [0.15, 0.2) is 72.6 Å². The van der Waals surface area contributed by atoms with Crippen molar-refractivity contribution >= 4 is 46.6 Å². The molecule has 1 aliphatic heterocycles. The maximum Gasteiger partial charge on any atom is 0.302 e. The summed E-state index contributed by atoms with van der Waals surface area (Å²) in [6, 6.07) is 13.7. The van der Waals surface area contributed by atoms with Crippen molar-refractivity contribution in [2.45, 2.75) is 6.04 Å². The van der Waals surface area contributed by atoms with E-state index in [1.54, 1.807) is 54.6 Å². The molecule has 1 aliphatic rings. The maximum absolute atomic E-state index is 12.9. The molecule has 1 fully saturated rings. The van der Waals surface area contributed by atoms with Gasteiger partial charge < -0.3 is 5.11 Å². The molecule has 1 unspecified atom stereocenters. The number of nitrogens with zero attached hydrogens (tertiary/aromatic N) is 3. The van der Waals surface area contributed by atoms with Crippen molar-refractivity contribution < 1.29 is 14.7 Å². The van der Waals surface area contributed by atoms with Crippen LogP contribution in [-0.4, -0.2) is 26.8 Å². The Morgan fingerprint density at radius 3 is 2.28 bits per heavy atom. The van der Waals surface area contributed by atoms with E-state index >= 15 is 0 Å². The third-order valence-electron chi connectivity index (χ3n) is 4.49. The van der Waals surface area contributed by atoms with Gasteiger partial charge >= 0.3 is 5.91 Å². The second-order valence-corrected chi connectivity index (χ2v) is 7.15. The van der Waals surface area contributed by atoms with Crippen LogP contribution >= 0.6 is 23.2 Å². The number of aliphatic hydroxyl groups is 1. The number of carbonyl (C=O) groups excluding carboxylic acids is 2. The molecule has 3 aromatic rings. The first kappa shape index (κ1) is 19.1. The lowest BCUT2D eigenvalue weighted by Crippen LogP contribution is -2.31. The second-order valence-electron chi connectivity index (χ2n) is 6.28. The van der Waals surface area contributed by atoms with Gasteiger partial charge in [-0.2, -0.15) is 0 Å². The third-order valence-corrected chi connectivity index (χ3v) is 4.98. The number of aliphatic hydroxyl groups excluding tert-OH is 1. The van der Waals surface area contributed by atoms with E-state index in [9.17, 15) is 14.7 Å². The summed E-state index contributed by atoms with van der Waals surface area (Å²) in [7, 11) is 0. The monoisotopic (exact) mass is 425 g/mol. The van der Waals surface area contributed by atoms with Crippen molar-refractivity contribution in [2.75, 3.05) is 4.90 Å². The largest absolute Gasteiger partial charge is 0.507 e. The van der Waals surface area contributed by atoms with Gasteiger partial charge in [0.05, 0.1) is 11.6 Å². The highest BCUT2D eigenvalue weighted by Crippen LogP contribution is 2.41. The first-order chi connectivity index (χ1) is 14.0. The quantitative estimate of drug-likeness (QED) is 0.381. The zero-order chi connectivity index (χ0) is 20.5. The third kappa shape index (κ3) is 3.48. The molecule has 1 atom stereocenters.